The second kappa shape index (κ2) is 6.81. The molecule has 1 rings (SSSR count). The molecule has 17 heavy (non-hydrogen) atoms. The molecule has 0 spiro atoms. The Hall–Kier alpha value is -0.810. The van der Waals surface area contributed by atoms with Gasteiger partial charge in [-0.25, -0.2) is 4.79 Å². The first-order chi connectivity index (χ1) is 8.07. The molecule has 1 unspecified atom stereocenters. The summed E-state index contributed by atoms with van der Waals surface area (Å²) in [7, 11) is 3.52. The fourth-order valence-corrected chi connectivity index (χ4v) is 2.06. The summed E-state index contributed by atoms with van der Waals surface area (Å²) >= 11 is 0. The van der Waals surface area contributed by atoms with E-state index in [-0.39, 0.29) is 6.03 Å². The minimum atomic E-state index is 0.110. The normalized spacial score (nSPS) is 20.8. The third kappa shape index (κ3) is 3.85. The zero-order valence-corrected chi connectivity index (χ0v) is 11.3. The van der Waals surface area contributed by atoms with Crippen molar-refractivity contribution in [2.24, 2.45) is 5.92 Å². The number of amides is 2. The van der Waals surface area contributed by atoms with Crippen LogP contribution in [0.25, 0.3) is 0 Å². The van der Waals surface area contributed by atoms with Gasteiger partial charge in [-0.05, 0) is 5.92 Å². The van der Waals surface area contributed by atoms with Crippen molar-refractivity contribution >= 4 is 6.03 Å². The highest BCUT2D eigenvalue weighted by Gasteiger charge is 2.35. The van der Waals surface area contributed by atoms with Gasteiger partial charge in [-0.3, -0.25) is 0 Å². The van der Waals surface area contributed by atoms with Gasteiger partial charge >= 0.3 is 6.03 Å². The molecule has 0 aromatic carbocycles. The van der Waals surface area contributed by atoms with Crippen LogP contribution in [0.15, 0.2) is 0 Å². The van der Waals surface area contributed by atoms with Gasteiger partial charge < -0.3 is 19.3 Å². The second-order valence-corrected chi connectivity index (χ2v) is 4.76. The molecular weight excluding hydrogens is 220 g/mol. The molecule has 0 aromatic heterocycles. The Bertz CT molecular complexity index is 246. The highest BCUT2D eigenvalue weighted by atomic mass is 16.5. The number of nitrogens with zero attached hydrogens (tertiary/aromatic N) is 2. The van der Waals surface area contributed by atoms with Gasteiger partial charge in [0.25, 0.3) is 0 Å². The lowest BCUT2D eigenvalue weighted by Crippen LogP contribution is -2.34. The van der Waals surface area contributed by atoms with Crippen molar-refractivity contribution in [1.29, 1.82) is 0 Å². The van der Waals surface area contributed by atoms with Gasteiger partial charge in [0.05, 0.1) is 25.9 Å². The van der Waals surface area contributed by atoms with Crippen LogP contribution in [0.2, 0.25) is 0 Å². The van der Waals surface area contributed by atoms with Gasteiger partial charge in [0, 0.05) is 27.2 Å². The summed E-state index contributed by atoms with van der Waals surface area (Å²) in [6.07, 6.45) is 0. The molecule has 1 atom stereocenters. The van der Waals surface area contributed by atoms with E-state index < -0.39 is 0 Å². The SMILES string of the molecule is COCCOCCN1CC(C(C)C)N(C)C1=O. The largest absolute Gasteiger partial charge is 0.382 e. The van der Waals surface area contributed by atoms with E-state index in [2.05, 4.69) is 13.8 Å². The molecule has 1 aliphatic heterocycles. The standard InChI is InChI=1S/C12H24N2O3/c1-10(2)11-9-14(12(15)13(11)3)5-6-17-8-7-16-4/h10-11H,5-9H2,1-4H3. The maximum absolute atomic E-state index is 11.9. The number of urea groups is 1. The highest BCUT2D eigenvalue weighted by molar-refractivity contribution is 5.76. The third-order valence-electron chi connectivity index (χ3n) is 3.18. The zero-order valence-electron chi connectivity index (χ0n) is 11.3. The van der Waals surface area contributed by atoms with Crippen molar-refractivity contribution in [2.75, 3.05) is 47.1 Å². The maximum atomic E-state index is 11.9. The number of methoxy groups -OCH3 is 1. The van der Waals surface area contributed by atoms with Crippen LogP contribution in [-0.2, 0) is 9.47 Å². The average molecular weight is 244 g/mol. The molecular formula is C12H24N2O3. The van der Waals surface area contributed by atoms with Crippen LogP contribution >= 0.6 is 0 Å². The molecule has 2 amide bonds. The van der Waals surface area contributed by atoms with E-state index in [1.54, 1.807) is 7.11 Å². The first-order valence-corrected chi connectivity index (χ1v) is 6.16. The molecule has 0 aliphatic carbocycles. The monoisotopic (exact) mass is 244 g/mol. The fraction of sp³-hybridized carbons (Fsp3) is 0.917. The van der Waals surface area contributed by atoms with E-state index in [9.17, 15) is 4.79 Å². The predicted octanol–water partition coefficient (Wildman–Crippen LogP) is 1.04. The number of likely N-dealkylation sites (N-methyl/N-ethyl adjacent to an activating group) is 1. The summed E-state index contributed by atoms with van der Waals surface area (Å²) in [6, 6.07) is 0.431. The Kier molecular flexibility index (Phi) is 5.71. The summed E-state index contributed by atoms with van der Waals surface area (Å²) in [5, 5.41) is 0. The molecule has 1 saturated heterocycles. The summed E-state index contributed by atoms with van der Waals surface area (Å²) in [5.41, 5.74) is 0. The van der Waals surface area contributed by atoms with Crippen molar-refractivity contribution < 1.29 is 14.3 Å². The number of rotatable bonds is 7. The van der Waals surface area contributed by atoms with Gasteiger partial charge in [-0.1, -0.05) is 13.8 Å². The van der Waals surface area contributed by atoms with Gasteiger partial charge in [-0.2, -0.15) is 0 Å². The smallest absolute Gasteiger partial charge is 0.320 e. The topological polar surface area (TPSA) is 42.0 Å². The van der Waals surface area contributed by atoms with Gasteiger partial charge in [0.2, 0.25) is 0 Å². The van der Waals surface area contributed by atoms with Crippen LogP contribution in [0.3, 0.4) is 0 Å². The van der Waals surface area contributed by atoms with Gasteiger partial charge in [0.15, 0.2) is 0 Å². The van der Waals surface area contributed by atoms with Crippen molar-refractivity contribution in [3.8, 4) is 0 Å². The van der Waals surface area contributed by atoms with E-state index in [0.29, 0.717) is 38.3 Å². The average Bonchev–Trinajstić information content (AvgIpc) is 2.57. The lowest BCUT2D eigenvalue weighted by molar-refractivity contribution is 0.0629. The van der Waals surface area contributed by atoms with E-state index in [1.807, 2.05) is 16.8 Å². The summed E-state index contributed by atoms with van der Waals surface area (Å²) in [4.78, 5) is 15.6. The van der Waals surface area contributed by atoms with Crippen LogP contribution in [0, 0.1) is 5.92 Å². The van der Waals surface area contributed by atoms with E-state index in [0.717, 1.165) is 6.54 Å². The van der Waals surface area contributed by atoms with Gasteiger partial charge in [-0.15, -0.1) is 0 Å². The molecule has 0 aromatic rings. The molecule has 0 bridgehead atoms. The quantitative estimate of drug-likeness (QED) is 0.628. The fourth-order valence-electron chi connectivity index (χ4n) is 2.06. The molecule has 5 nitrogen and oxygen atoms in total. The Morgan fingerprint density at radius 1 is 1.35 bits per heavy atom. The number of ether oxygens (including phenoxy) is 2. The first-order valence-electron chi connectivity index (χ1n) is 6.16. The van der Waals surface area contributed by atoms with Crippen molar-refractivity contribution in [1.82, 2.24) is 9.80 Å². The van der Waals surface area contributed by atoms with Crippen LogP contribution in [0.1, 0.15) is 13.8 Å². The molecule has 0 saturated carbocycles. The number of hydrogen-bond acceptors (Lipinski definition) is 3. The first kappa shape index (κ1) is 14.3. The van der Waals surface area contributed by atoms with Crippen molar-refractivity contribution in [2.45, 2.75) is 19.9 Å². The van der Waals surface area contributed by atoms with E-state index in [4.69, 9.17) is 9.47 Å². The third-order valence-corrected chi connectivity index (χ3v) is 3.18. The van der Waals surface area contributed by atoms with Gasteiger partial charge in [0.1, 0.15) is 0 Å². The maximum Gasteiger partial charge on any atom is 0.320 e. The number of hydrogen-bond donors (Lipinski definition) is 0. The lowest BCUT2D eigenvalue weighted by Gasteiger charge is -2.20. The zero-order chi connectivity index (χ0) is 12.8. The van der Waals surface area contributed by atoms with Crippen molar-refractivity contribution in [3.05, 3.63) is 0 Å². The molecule has 0 N–H and O–H groups in total. The summed E-state index contributed by atoms with van der Waals surface area (Å²) < 4.78 is 10.3. The molecule has 1 fully saturated rings. The Morgan fingerprint density at radius 2 is 2.06 bits per heavy atom. The minimum Gasteiger partial charge on any atom is -0.382 e. The van der Waals surface area contributed by atoms with Crippen LogP contribution in [-0.4, -0.2) is 68.9 Å². The Labute approximate surface area is 104 Å². The van der Waals surface area contributed by atoms with Crippen molar-refractivity contribution in [3.63, 3.8) is 0 Å². The van der Waals surface area contributed by atoms with E-state index >= 15 is 0 Å². The summed E-state index contributed by atoms with van der Waals surface area (Å²) in [6.45, 7) is 7.52. The molecule has 5 heteroatoms. The Balaban J connectivity index is 2.28. The molecule has 1 heterocycles. The number of carbonyl (C=O) groups is 1. The van der Waals surface area contributed by atoms with Crippen LogP contribution in [0.4, 0.5) is 4.79 Å². The second-order valence-electron chi connectivity index (χ2n) is 4.76. The minimum absolute atomic E-state index is 0.110. The molecule has 1 aliphatic rings. The Morgan fingerprint density at radius 3 is 2.59 bits per heavy atom. The number of carbonyl (C=O) groups excluding carboxylic acids is 1. The highest BCUT2D eigenvalue weighted by Crippen LogP contribution is 2.19. The van der Waals surface area contributed by atoms with Crippen LogP contribution in [0.5, 0.6) is 0 Å². The van der Waals surface area contributed by atoms with Crippen LogP contribution < -0.4 is 0 Å². The van der Waals surface area contributed by atoms with E-state index in [1.165, 1.54) is 0 Å². The summed E-state index contributed by atoms with van der Waals surface area (Å²) in [5.74, 6) is 0.489. The predicted molar refractivity (Wildman–Crippen MR) is 66.1 cm³/mol. The lowest BCUT2D eigenvalue weighted by atomic mass is 10.0. The molecule has 100 valence electrons. The molecule has 0 radical (unpaired) electrons.